The van der Waals surface area contributed by atoms with Crippen molar-refractivity contribution in [3.63, 3.8) is 0 Å². The molecular formula is C15H20N2O3. The zero-order valence-corrected chi connectivity index (χ0v) is 11.6. The van der Waals surface area contributed by atoms with Crippen molar-refractivity contribution in [2.24, 2.45) is 5.92 Å². The molecule has 5 heteroatoms. The molecule has 5 nitrogen and oxygen atoms in total. The zero-order chi connectivity index (χ0) is 14.5. The van der Waals surface area contributed by atoms with Crippen LogP contribution < -0.4 is 10.2 Å². The minimum Gasteiger partial charge on any atom is -0.481 e. The fraction of sp³-hybridized carbons (Fsp3) is 0.467. The van der Waals surface area contributed by atoms with Crippen LogP contribution in [0.1, 0.15) is 25.7 Å². The molecule has 1 fully saturated rings. The molecule has 0 bridgehead atoms. The lowest BCUT2D eigenvalue weighted by atomic mass is 9.86. The topological polar surface area (TPSA) is 69.6 Å². The van der Waals surface area contributed by atoms with Crippen molar-refractivity contribution in [2.45, 2.75) is 31.7 Å². The fourth-order valence-electron chi connectivity index (χ4n) is 2.53. The van der Waals surface area contributed by atoms with Crippen LogP contribution in [0.4, 0.5) is 10.5 Å². The highest BCUT2D eigenvalue weighted by Gasteiger charge is 2.27. The number of amides is 2. The molecule has 0 aromatic heterocycles. The second kappa shape index (κ2) is 6.41. The largest absolute Gasteiger partial charge is 0.481 e. The maximum absolute atomic E-state index is 12.1. The molecule has 0 unspecified atom stereocenters. The van der Waals surface area contributed by atoms with Crippen LogP contribution in [0.5, 0.6) is 0 Å². The summed E-state index contributed by atoms with van der Waals surface area (Å²) >= 11 is 0. The minimum absolute atomic E-state index is 0.0734. The Balaban J connectivity index is 1.85. The molecule has 0 saturated heterocycles. The van der Waals surface area contributed by atoms with Crippen LogP contribution in [0.3, 0.4) is 0 Å². The quantitative estimate of drug-likeness (QED) is 0.891. The third-order valence-electron chi connectivity index (χ3n) is 3.85. The van der Waals surface area contributed by atoms with Crippen LogP contribution in [0, 0.1) is 5.92 Å². The summed E-state index contributed by atoms with van der Waals surface area (Å²) in [5.74, 6) is -0.980. The van der Waals surface area contributed by atoms with Crippen LogP contribution >= 0.6 is 0 Å². The van der Waals surface area contributed by atoms with Gasteiger partial charge in [-0.3, -0.25) is 9.69 Å². The smallest absolute Gasteiger partial charge is 0.321 e. The van der Waals surface area contributed by atoms with E-state index in [0.717, 1.165) is 18.5 Å². The molecule has 1 saturated carbocycles. The number of rotatable bonds is 3. The number of nitrogens with zero attached hydrogens (tertiary/aromatic N) is 1. The van der Waals surface area contributed by atoms with Crippen LogP contribution in [0.15, 0.2) is 30.3 Å². The van der Waals surface area contributed by atoms with Gasteiger partial charge in [-0.1, -0.05) is 18.2 Å². The first kappa shape index (κ1) is 14.4. The number of nitrogens with one attached hydrogen (secondary N) is 1. The van der Waals surface area contributed by atoms with Gasteiger partial charge in [0.15, 0.2) is 0 Å². The predicted octanol–water partition coefficient (Wildman–Crippen LogP) is 2.48. The average molecular weight is 276 g/mol. The molecule has 2 rings (SSSR count). The van der Waals surface area contributed by atoms with Crippen molar-refractivity contribution in [3.8, 4) is 0 Å². The number of urea groups is 1. The molecule has 0 radical (unpaired) electrons. The predicted molar refractivity (Wildman–Crippen MR) is 76.8 cm³/mol. The summed E-state index contributed by atoms with van der Waals surface area (Å²) in [6, 6.07) is 9.36. The van der Waals surface area contributed by atoms with Gasteiger partial charge in [-0.25, -0.2) is 4.79 Å². The Morgan fingerprint density at radius 3 is 2.30 bits per heavy atom. The van der Waals surface area contributed by atoms with Crippen LogP contribution in [0.2, 0.25) is 0 Å². The molecule has 1 aliphatic carbocycles. The van der Waals surface area contributed by atoms with Gasteiger partial charge in [0, 0.05) is 18.8 Å². The van der Waals surface area contributed by atoms with E-state index in [1.807, 2.05) is 30.3 Å². The second-order valence-electron chi connectivity index (χ2n) is 5.23. The van der Waals surface area contributed by atoms with E-state index >= 15 is 0 Å². The Labute approximate surface area is 118 Å². The number of anilines is 1. The maximum atomic E-state index is 12.1. The van der Waals surface area contributed by atoms with Crippen LogP contribution in [0.25, 0.3) is 0 Å². The number of benzene rings is 1. The Morgan fingerprint density at radius 2 is 1.75 bits per heavy atom. The molecular weight excluding hydrogens is 256 g/mol. The van der Waals surface area contributed by atoms with Crippen molar-refractivity contribution in [1.82, 2.24) is 5.32 Å². The number of para-hydroxylation sites is 1. The van der Waals surface area contributed by atoms with Gasteiger partial charge in [0.05, 0.1) is 5.92 Å². The summed E-state index contributed by atoms with van der Waals surface area (Å²) < 4.78 is 0. The molecule has 0 heterocycles. The Bertz CT molecular complexity index is 467. The van der Waals surface area contributed by atoms with Crippen LogP contribution in [-0.2, 0) is 4.79 Å². The molecule has 1 aromatic carbocycles. The van der Waals surface area contributed by atoms with Gasteiger partial charge in [-0.15, -0.1) is 0 Å². The number of hydrogen-bond acceptors (Lipinski definition) is 2. The summed E-state index contributed by atoms with van der Waals surface area (Å²) in [6.45, 7) is 0. The molecule has 2 amide bonds. The summed E-state index contributed by atoms with van der Waals surface area (Å²) in [5.41, 5.74) is 0.837. The lowest BCUT2D eigenvalue weighted by molar-refractivity contribution is -0.142. The van der Waals surface area contributed by atoms with Crippen molar-refractivity contribution in [1.29, 1.82) is 0 Å². The molecule has 1 aliphatic rings. The highest BCUT2D eigenvalue weighted by molar-refractivity contribution is 5.91. The van der Waals surface area contributed by atoms with E-state index in [1.54, 1.807) is 11.9 Å². The lowest BCUT2D eigenvalue weighted by Crippen LogP contribution is -2.45. The molecule has 0 aliphatic heterocycles. The first-order valence-electron chi connectivity index (χ1n) is 6.90. The third-order valence-corrected chi connectivity index (χ3v) is 3.85. The average Bonchev–Trinajstić information content (AvgIpc) is 2.48. The summed E-state index contributed by atoms with van der Waals surface area (Å²) in [4.78, 5) is 24.6. The third kappa shape index (κ3) is 3.50. The van der Waals surface area contributed by atoms with Gasteiger partial charge in [-0.2, -0.15) is 0 Å². The van der Waals surface area contributed by atoms with E-state index in [4.69, 9.17) is 5.11 Å². The number of carbonyl (C=O) groups is 2. The highest BCUT2D eigenvalue weighted by atomic mass is 16.4. The summed E-state index contributed by atoms with van der Waals surface area (Å²) in [5, 5.41) is 11.9. The Kier molecular flexibility index (Phi) is 4.61. The number of hydrogen-bond donors (Lipinski definition) is 2. The molecule has 2 N–H and O–H groups in total. The Hall–Kier alpha value is -2.04. The van der Waals surface area contributed by atoms with Crippen molar-refractivity contribution in [2.75, 3.05) is 11.9 Å². The minimum atomic E-state index is -0.726. The standard InChI is InChI=1S/C15H20N2O3/c1-17(13-5-3-2-4-6-13)15(20)16-12-9-7-11(8-10-12)14(18)19/h2-6,11-12H,7-10H2,1H3,(H,16,20)(H,18,19). The van der Waals surface area contributed by atoms with Gasteiger partial charge in [0.25, 0.3) is 0 Å². The molecule has 1 aromatic rings. The number of carboxylic acid groups (broad SMARTS) is 1. The zero-order valence-electron chi connectivity index (χ0n) is 11.6. The monoisotopic (exact) mass is 276 g/mol. The molecule has 20 heavy (non-hydrogen) atoms. The fourth-order valence-corrected chi connectivity index (χ4v) is 2.53. The lowest BCUT2D eigenvalue weighted by Gasteiger charge is -2.28. The van der Waals surface area contributed by atoms with E-state index in [-0.39, 0.29) is 18.0 Å². The van der Waals surface area contributed by atoms with E-state index < -0.39 is 5.97 Å². The van der Waals surface area contributed by atoms with Gasteiger partial charge in [-0.05, 0) is 37.8 Å². The number of carboxylic acids is 1. The molecule has 108 valence electrons. The summed E-state index contributed by atoms with van der Waals surface area (Å²) in [6.07, 6.45) is 2.72. The van der Waals surface area contributed by atoms with Gasteiger partial charge < -0.3 is 10.4 Å². The number of aliphatic carboxylic acids is 1. The number of carbonyl (C=O) groups excluding carboxylic acids is 1. The molecule has 0 atom stereocenters. The van der Waals surface area contributed by atoms with E-state index in [2.05, 4.69) is 5.32 Å². The van der Waals surface area contributed by atoms with Crippen molar-refractivity contribution >= 4 is 17.7 Å². The summed E-state index contributed by atoms with van der Waals surface area (Å²) in [7, 11) is 1.73. The normalized spacial score (nSPS) is 22.1. The maximum Gasteiger partial charge on any atom is 0.321 e. The van der Waals surface area contributed by atoms with E-state index in [1.165, 1.54) is 0 Å². The highest BCUT2D eigenvalue weighted by Crippen LogP contribution is 2.24. The van der Waals surface area contributed by atoms with Crippen molar-refractivity contribution in [3.05, 3.63) is 30.3 Å². The SMILES string of the molecule is CN(C(=O)NC1CCC(C(=O)O)CC1)c1ccccc1. The van der Waals surface area contributed by atoms with E-state index in [0.29, 0.717) is 12.8 Å². The van der Waals surface area contributed by atoms with Gasteiger partial charge in [0.1, 0.15) is 0 Å². The first-order valence-corrected chi connectivity index (χ1v) is 6.90. The molecule has 0 spiro atoms. The van der Waals surface area contributed by atoms with Crippen molar-refractivity contribution < 1.29 is 14.7 Å². The second-order valence-corrected chi connectivity index (χ2v) is 5.23. The Morgan fingerprint density at radius 1 is 1.15 bits per heavy atom. The first-order chi connectivity index (χ1) is 9.58. The van der Waals surface area contributed by atoms with Gasteiger partial charge in [0.2, 0.25) is 0 Å². The van der Waals surface area contributed by atoms with Crippen LogP contribution in [-0.4, -0.2) is 30.2 Å². The van der Waals surface area contributed by atoms with E-state index in [9.17, 15) is 9.59 Å². The van der Waals surface area contributed by atoms with Gasteiger partial charge >= 0.3 is 12.0 Å².